The Bertz CT molecular complexity index is 344. The summed E-state index contributed by atoms with van der Waals surface area (Å²) in [6.07, 6.45) is 0. The van der Waals surface area contributed by atoms with Crippen molar-refractivity contribution in [2.75, 3.05) is 13.1 Å². The third-order valence-electron chi connectivity index (χ3n) is 1.62. The van der Waals surface area contributed by atoms with Crippen molar-refractivity contribution in [1.29, 1.82) is 0 Å². The average Bonchev–Trinajstić information content (AvgIpc) is 2.18. The van der Waals surface area contributed by atoms with Gasteiger partial charge in [-0.25, -0.2) is 0 Å². The third-order valence-corrected chi connectivity index (χ3v) is 2.59. The van der Waals surface area contributed by atoms with Gasteiger partial charge in [0.1, 0.15) is 0 Å². The Morgan fingerprint density at radius 2 is 2.29 bits per heavy atom. The normalized spacial score (nSPS) is 9.93. The van der Waals surface area contributed by atoms with Gasteiger partial charge in [-0.15, -0.1) is 12.6 Å². The van der Waals surface area contributed by atoms with Crippen LogP contribution in [0, 0.1) is 0 Å². The Labute approximate surface area is 96.6 Å². The molecule has 1 rings (SSSR count). The minimum Gasteiger partial charge on any atom is -0.351 e. The molecule has 1 aromatic carbocycles. The van der Waals surface area contributed by atoms with Gasteiger partial charge in [0.15, 0.2) is 0 Å². The van der Waals surface area contributed by atoms with Gasteiger partial charge in [0, 0.05) is 22.5 Å². The fourth-order valence-corrected chi connectivity index (χ4v) is 1.60. The van der Waals surface area contributed by atoms with Crippen LogP contribution in [0.3, 0.4) is 0 Å². The lowest BCUT2D eigenvalue weighted by atomic mass is 10.2. The summed E-state index contributed by atoms with van der Waals surface area (Å²) in [4.78, 5) is 12.3. The Kier molecular flexibility index (Phi) is 4.44. The SMILES string of the molecule is NCCNC(=O)c1cc(S)ccc1Br. The predicted molar refractivity (Wildman–Crippen MR) is 62.8 cm³/mol. The van der Waals surface area contributed by atoms with Crippen molar-refractivity contribution in [2.24, 2.45) is 5.73 Å². The number of carbonyl (C=O) groups is 1. The fraction of sp³-hybridized carbons (Fsp3) is 0.222. The molecule has 14 heavy (non-hydrogen) atoms. The second kappa shape index (κ2) is 5.38. The number of carbonyl (C=O) groups excluding carboxylic acids is 1. The van der Waals surface area contributed by atoms with Crippen molar-refractivity contribution in [3.63, 3.8) is 0 Å². The van der Waals surface area contributed by atoms with Gasteiger partial charge in [-0.3, -0.25) is 4.79 Å². The van der Waals surface area contributed by atoms with Crippen LogP contribution in [0.4, 0.5) is 0 Å². The Morgan fingerprint density at radius 3 is 2.93 bits per heavy atom. The highest BCUT2D eigenvalue weighted by Crippen LogP contribution is 2.19. The van der Waals surface area contributed by atoms with Crippen LogP contribution in [-0.4, -0.2) is 19.0 Å². The molecule has 3 N–H and O–H groups in total. The number of nitrogens with two attached hydrogens (primary N) is 1. The van der Waals surface area contributed by atoms with Crippen molar-refractivity contribution >= 4 is 34.5 Å². The Hall–Kier alpha value is -0.520. The Balaban J connectivity index is 2.83. The van der Waals surface area contributed by atoms with Gasteiger partial charge in [0.2, 0.25) is 0 Å². The maximum Gasteiger partial charge on any atom is 0.252 e. The molecule has 3 nitrogen and oxygen atoms in total. The van der Waals surface area contributed by atoms with Crippen molar-refractivity contribution in [3.05, 3.63) is 28.2 Å². The van der Waals surface area contributed by atoms with E-state index in [9.17, 15) is 4.79 Å². The minimum absolute atomic E-state index is 0.141. The zero-order chi connectivity index (χ0) is 10.6. The monoisotopic (exact) mass is 274 g/mol. The Morgan fingerprint density at radius 1 is 1.57 bits per heavy atom. The summed E-state index contributed by atoms with van der Waals surface area (Å²) in [6, 6.07) is 5.31. The quantitative estimate of drug-likeness (QED) is 0.731. The highest BCUT2D eigenvalue weighted by atomic mass is 79.9. The summed E-state index contributed by atoms with van der Waals surface area (Å²) in [7, 11) is 0. The number of benzene rings is 1. The summed E-state index contributed by atoms with van der Waals surface area (Å²) in [6.45, 7) is 0.909. The summed E-state index contributed by atoms with van der Waals surface area (Å²) in [5.74, 6) is -0.141. The van der Waals surface area contributed by atoms with Crippen LogP contribution in [0.15, 0.2) is 27.6 Å². The average molecular weight is 275 g/mol. The number of amides is 1. The van der Waals surface area contributed by atoms with Crippen LogP contribution in [-0.2, 0) is 0 Å². The lowest BCUT2D eigenvalue weighted by Crippen LogP contribution is -2.29. The topological polar surface area (TPSA) is 55.1 Å². The van der Waals surface area contributed by atoms with Crippen LogP contribution in [0.1, 0.15) is 10.4 Å². The zero-order valence-corrected chi connectivity index (χ0v) is 9.94. The van der Waals surface area contributed by atoms with Crippen LogP contribution in [0.2, 0.25) is 0 Å². The van der Waals surface area contributed by atoms with E-state index in [-0.39, 0.29) is 5.91 Å². The molecule has 0 radical (unpaired) electrons. The standard InChI is InChI=1S/C9H11BrN2OS/c10-8-2-1-6(14)5-7(8)9(13)12-4-3-11/h1-2,5,14H,3-4,11H2,(H,12,13). The van der Waals surface area contributed by atoms with Gasteiger partial charge in [-0.05, 0) is 34.1 Å². The van der Waals surface area contributed by atoms with Gasteiger partial charge in [-0.1, -0.05) is 0 Å². The first-order valence-corrected chi connectivity index (χ1v) is 5.36. The van der Waals surface area contributed by atoms with Crippen LogP contribution in [0.5, 0.6) is 0 Å². The van der Waals surface area contributed by atoms with Gasteiger partial charge < -0.3 is 11.1 Å². The van der Waals surface area contributed by atoms with Crippen molar-refractivity contribution in [1.82, 2.24) is 5.32 Å². The number of hydrogen-bond donors (Lipinski definition) is 3. The second-order valence-corrected chi connectivity index (χ2v) is 4.08. The van der Waals surface area contributed by atoms with E-state index in [4.69, 9.17) is 5.73 Å². The van der Waals surface area contributed by atoms with Gasteiger partial charge in [0.05, 0.1) is 5.56 Å². The zero-order valence-electron chi connectivity index (χ0n) is 7.46. The van der Waals surface area contributed by atoms with E-state index in [0.29, 0.717) is 18.7 Å². The fourth-order valence-electron chi connectivity index (χ4n) is 0.968. The van der Waals surface area contributed by atoms with Crippen LogP contribution in [0.25, 0.3) is 0 Å². The molecule has 1 aromatic rings. The highest BCUT2D eigenvalue weighted by molar-refractivity contribution is 9.10. The molecule has 76 valence electrons. The first-order chi connectivity index (χ1) is 6.65. The number of halogens is 1. The minimum atomic E-state index is -0.141. The maximum atomic E-state index is 11.5. The van der Waals surface area contributed by atoms with E-state index < -0.39 is 0 Å². The predicted octanol–water partition coefficient (Wildman–Crippen LogP) is 1.43. The van der Waals surface area contributed by atoms with Gasteiger partial charge >= 0.3 is 0 Å². The molecule has 0 aliphatic carbocycles. The van der Waals surface area contributed by atoms with E-state index >= 15 is 0 Å². The van der Waals surface area contributed by atoms with E-state index in [1.54, 1.807) is 12.1 Å². The molecule has 0 heterocycles. The maximum absolute atomic E-state index is 11.5. The number of rotatable bonds is 3. The van der Waals surface area contributed by atoms with Crippen LogP contribution < -0.4 is 11.1 Å². The molecule has 0 aliphatic heterocycles. The van der Waals surface area contributed by atoms with Crippen molar-refractivity contribution < 1.29 is 4.79 Å². The highest BCUT2D eigenvalue weighted by Gasteiger charge is 2.08. The molecule has 0 saturated heterocycles. The molecular formula is C9H11BrN2OS. The molecule has 5 heteroatoms. The molecule has 0 saturated carbocycles. The van der Waals surface area contributed by atoms with Crippen LogP contribution >= 0.6 is 28.6 Å². The van der Waals surface area contributed by atoms with Crippen molar-refractivity contribution in [3.8, 4) is 0 Å². The molecular weight excluding hydrogens is 264 g/mol. The number of nitrogens with one attached hydrogen (secondary N) is 1. The molecule has 0 aromatic heterocycles. The molecule has 0 atom stereocenters. The largest absolute Gasteiger partial charge is 0.351 e. The molecule has 0 bridgehead atoms. The van der Waals surface area contributed by atoms with Crippen molar-refractivity contribution in [2.45, 2.75) is 4.90 Å². The molecule has 0 spiro atoms. The van der Waals surface area contributed by atoms with E-state index in [0.717, 1.165) is 9.37 Å². The third kappa shape index (κ3) is 3.01. The van der Waals surface area contributed by atoms with E-state index in [1.807, 2.05) is 6.07 Å². The lowest BCUT2D eigenvalue weighted by molar-refractivity contribution is 0.0954. The lowest BCUT2D eigenvalue weighted by Gasteiger charge is -2.05. The second-order valence-electron chi connectivity index (χ2n) is 2.71. The molecule has 0 fully saturated rings. The summed E-state index contributed by atoms with van der Waals surface area (Å²) < 4.78 is 0.754. The summed E-state index contributed by atoms with van der Waals surface area (Å²) in [5, 5.41) is 2.69. The molecule has 1 amide bonds. The van der Waals surface area contributed by atoms with E-state index in [2.05, 4.69) is 33.9 Å². The summed E-state index contributed by atoms with van der Waals surface area (Å²) >= 11 is 7.46. The summed E-state index contributed by atoms with van der Waals surface area (Å²) in [5.41, 5.74) is 5.86. The number of hydrogen-bond acceptors (Lipinski definition) is 3. The molecule has 0 aliphatic rings. The molecule has 0 unspecified atom stereocenters. The van der Waals surface area contributed by atoms with E-state index in [1.165, 1.54) is 0 Å². The number of thiol groups is 1. The first-order valence-electron chi connectivity index (χ1n) is 4.12. The smallest absolute Gasteiger partial charge is 0.252 e. The first kappa shape index (κ1) is 11.6. The van der Waals surface area contributed by atoms with Gasteiger partial charge in [0.25, 0.3) is 5.91 Å². The van der Waals surface area contributed by atoms with Gasteiger partial charge in [-0.2, -0.15) is 0 Å².